The van der Waals surface area contributed by atoms with Crippen LogP contribution in [0.3, 0.4) is 0 Å². The van der Waals surface area contributed by atoms with Crippen molar-refractivity contribution in [3.8, 4) is 0 Å². The van der Waals surface area contributed by atoms with Crippen LogP contribution in [0.15, 0.2) is 25.1 Å². The molecule has 0 amide bonds. The second-order valence-electron chi connectivity index (χ2n) is 4.12. The van der Waals surface area contributed by atoms with Gasteiger partial charge in [0.2, 0.25) is 11.9 Å². The van der Waals surface area contributed by atoms with Crippen molar-refractivity contribution >= 4 is 11.9 Å². The van der Waals surface area contributed by atoms with E-state index in [-0.39, 0.29) is 6.17 Å². The van der Waals surface area contributed by atoms with Gasteiger partial charge >= 0.3 is 0 Å². The van der Waals surface area contributed by atoms with Crippen LogP contribution in [-0.2, 0) is 13.6 Å². The van der Waals surface area contributed by atoms with E-state index in [1.165, 1.54) is 0 Å². The van der Waals surface area contributed by atoms with Crippen molar-refractivity contribution in [3.63, 3.8) is 0 Å². The van der Waals surface area contributed by atoms with Gasteiger partial charge < -0.3 is 4.57 Å². The molecular formula is C9H10N8. The summed E-state index contributed by atoms with van der Waals surface area (Å²) in [5, 5.41) is 16.0. The molecule has 4 rings (SSSR count). The number of aromatic nitrogens is 6. The van der Waals surface area contributed by atoms with E-state index < -0.39 is 0 Å². The van der Waals surface area contributed by atoms with E-state index in [2.05, 4.69) is 30.2 Å². The molecule has 0 spiro atoms. The Kier molecular flexibility index (Phi) is 1.46. The van der Waals surface area contributed by atoms with Gasteiger partial charge in [-0.05, 0) is 0 Å². The van der Waals surface area contributed by atoms with Gasteiger partial charge in [-0.15, -0.1) is 20.4 Å². The minimum Gasteiger partial charge on any atom is -0.303 e. The van der Waals surface area contributed by atoms with Gasteiger partial charge in [0.05, 0.1) is 6.54 Å². The number of rotatable bonds is 1. The lowest BCUT2D eigenvalue weighted by atomic mass is 10.4. The molecule has 17 heavy (non-hydrogen) atoms. The van der Waals surface area contributed by atoms with Crippen molar-refractivity contribution in [1.29, 1.82) is 0 Å². The van der Waals surface area contributed by atoms with E-state index in [4.69, 9.17) is 0 Å². The van der Waals surface area contributed by atoms with Crippen LogP contribution in [-0.4, -0.2) is 35.7 Å². The Labute approximate surface area is 96.8 Å². The Morgan fingerprint density at radius 3 is 2.53 bits per heavy atom. The summed E-state index contributed by atoms with van der Waals surface area (Å²) in [6, 6.07) is 0. The lowest BCUT2D eigenvalue weighted by Crippen LogP contribution is -2.38. The van der Waals surface area contributed by atoms with E-state index >= 15 is 0 Å². The van der Waals surface area contributed by atoms with Crippen LogP contribution in [0.2, 0.25) is 0 Å². The summed E-state index contributed by atoms with van der Waals surface area (Å²) in [4.78, 5) is 4.17. The standard InChI is InChI=1S/C9H10N8/c1-14-5-10-12-8(14)16-2-3-17-7(16)4-15-6-11-13-9(15)17/h2-3,5-7H,4H2,1H3. The van der Waals surface area contributed by atoms with Crippen LogP contribution >= 0.6 is 0 Å². The van der Waals surface area contributed by atoms with Crippen molar-refractivity contribution in [1.82, 2.24) is 29.5 Å². The molecule has 0 bridgehead atoms. The molecule has 86 valence electrons. The molecule has 4 heterocycles. The minimum atomic E-state index is 0.184. The summed E-state index contributed by atoms with van der Waals surface area (Å²) in [5.74, 6) is 1.70. The van der Waals surface area contributed by atoms with Crippen LogP contribution < -0.4 is 9.80 Å². The Morgan fingerprint density at radius 2 is 1.76 bits per heavy atom. The average molecular weight is 230 g/mol. The molecule has 2 aliphatic heterocycles. The highest BCUT2D eigenvalue weighted by Crippen LogP contribution is 2.32. The Morgan fingerprint density at radius 1 is 1.06 bits per heavy atom. The number of hydrogen-bond donors (Lipinski definition) is 0. The molecule has 1 atom stereocenters. The first-order valence-corrected chi connectivity index (χ1v) is 5.31. The first-order chi connectivity index (χ1) is 8.34. The van der Waals surface area contributed by atoms with Crippen molar-refractivity contribution in [2.75, 3.05) is 9.80 Å². The molecule has 0 N–H and O–H groups in total. The normalized spacial score (nSPS) is 21.1. The third-order valence-corrected chi connectivity index (χ3v) is 3.13. The second kappa shape index (κ2) is 2.84. The van der Waals surface area contributed by atoms with Gasteiger partial charge in [0.1, 0.15) is 18.8 Å². The summed E-state index contributed by atoms with van der Waals surface area (Å²) < 4.78 is 3.92. The Bertz CT molecular complexity index is 596. The maximum absolute atomic E-state index is 4.12. The van der Waals surface area contributed by atoms with Crippen molar-refractivity contribution in [3.05, 3.63) is 25.1 Å². The largest absolute Gasteiger partial charge is 0.303 e. The quantitative estimate of drug-likeness (QED) is 0.660. The zero-order valence-electron chi connectivity index (χ0n) is 9.17. The molecule has 0 saturated carbocycles. The summed E-state index contributed by atoms with van der Waals surface area (Å²) >= 11 is 0. The molecular weight excluding hydrogens is 220 g/mol. The van der Waals surface area contributed by atoms with Crippen LogP contribution in [0.4, 0.5) is 11.9 Å². The van der Waals surface area contributed by atoms with Gasteiger partial charge in [0.25, 0.3) is 0 Å². The number of anilines is 2. The highest BCUT2D eigenvalue weighted by atomic mass is 15.6. The van der Waals surface area contributed by atoms with Crippen LogP contribution in [0.1, 0.15) is 0 Å². The van der Waals surface area contributed by atoms with E-state index in [1.807, 2.05) is 28.6 Å². The number of nitrogens with zero attached hydrogens (tertiary/aromatic N) is 8. The first-order valence-electron chi connectivity index (χ1n) is 5.31. The van der Waals surface area contributed by atoms with Crippen molar-refractivity contribution in [2.45, 2.75) is 12.7 Å². The van der Waals surface area contributed by atoms with Gasteiger partial charge in [-0.1, -0.05) is 0 Å². The van der Waals surface area contributed by atoms with E-state index in [0.717, 1.165) is 18.4 Å². The maximum Gasteiger partial charge on any atom is 0.233 e. The lowest BCUT2D eigenvalue weighted by Gasteiger charge is -2.23. The number of aryl methyl sites for hydroxylation is 1. The monoisotopic (exact) mass is 230 g/mol. The predicted octanol–water partition coefficient (Wildman–Crippen LogP) is -0.456. The highest BCUT2D eigenvalue weighted by Gasteiger charge is 2.38. The molecule has 0 aliphatic carbocycles. The van der Waals surface area contributed by atoms with Gasteiger partial charge in [0, 0.05) is 19.4 Å². The van der Waals surface area contributed by atoms with Gasteiger partial charge in [0.15, 0.2) is 0 Å². The molecule has 2 aromatic heterocycles. The number of hydrogen-bond acceptors (Lipinski definition) is 6. The first kappa shape index (κ1) is 8.74. The molecule has 0 saturated heterocycles. The predicted molar refractivity (Wildman–Crippen MR) is 58.9 cm³/mol. The summed E-state index contributed by atoms with van der Waals surface area (Å²) in [6.07, 6.45) is 7.61. The fourth-order valence-corrected chi connectivity index (χ4v) is 2.32. The molecule has 2 aliphatic rings. The van der Waals surface area contributed by atoms with Crippen molar-refractivity contribution in [2.24, 2.45) is 7.05 Å². The topological polar surface area (TPSA) is 67.9 Å². The smallest absolute Gasteiger partial charge is 0.233 e. The van der Waals surface area contributed by atoms with E-state index in [9.17, 15) is 0 Å². The van der Waals surface area contributed by atoms with Crippen molar-refractivity contribution < 1.29 is 0 Å². The fourth-order valence-electron chi connectivity index (χ4n) is 2.32. The Balaban J connectivity index is 1.74. The molecule has 8 nitrogen and oxygen atoms in total. The lowest BCUT2D eigenvalue weighted by molar-refractivity contribution is 0.614. The molecule has 0 aromatic carbocycles. The second-order valence-corrected chi connectivity index (χ2v) is 4.12. The fraction of sp³-hybridized carbons (Fsp3) is 0.333. The third-order valence-electron chi connectivity index (χ3n) is 3.13. The van der Waals surface area contributed by atoms with E-state index in [1.54, 1.807) is 12.7 Å². The third kappa shape index (κ3) is 1.01. The van der Waals surface area contributed by atoms with Gasteiger partial charge in [-0.25, -0.2) is 0 Å². The summed E-state index contributed by atoms with van der Waals surface area (Å²) in [6.45, 7) is 0.822. The minimum absolute atomic E-state index is 0.184. The summed E-state index contributed by atoms with van der Waals surface area (Å²) in [5.41, 5.74) is 0. The van der Waals surface area contributed by atoms with Gasteiger partial charge in [-0.2, -0.15) is 0 Å². The highest BCUT2D eigenvalue weighted by molar-refractivity contribution is 5.53. The molecule has 2 aromatic rings. The number of fused-ring (bicyclic) bond motifs is 3. The SMILES string of the molecule is Cn1cnnc1N1C=CN2c3nncn3CC12. The average Bonchev–Trinajstić information content (AvgIpc) is 2.98. The van der Waals surface area contributed by atoms with Crippen LogP contribution in [0.5, 0.6) is 0 Å². The zero-order chi connectivity index (χ0) is 11.4. The molecule has 0 radical (unpaired) electrons. The molecule has 0 fully saturated rings. The van der Waals surface area contributed by atoms with Crippen LogP contribution in [0, 0.1) is 0 Å². The maximum atomic E-state index is 4.12. The zero-order valence-corrected chi connectivity index (χ0v) is 9.17. The van der Waals surface area contributed by atoms with Crippen LogP contribution in [0.25, 0.3) is 0 Å². The molecule has 1 unspecified atom stereocenters. The molecule has 8 heteroatoms. The summed E-state index contributed by atoms with van der Waals surface area (Å²) in [7, 11) is 1.93. The Hall–Kier alpha value is -2.38. The van der Waals surface area contributed by atoms with Gasteiger partial charge in [-0.3, -0.25) is 14.4 Å². The van der Waals surface area contributed by atoms with E-state index in [0.29, 0.717) is 0 Å².